The minimum Gasteiger partial charge on any atom is -0.301 e. The maximum atomic E-state index is 9.08. The molecule has 0 amide bonds. The Bertz CT molecular complexity index is 251. The van der Waals surface area contributed by atoms with Crippen LogP contribution in [0.3, 0.4) is 0 Å². The largest absolute Gasteiger partial charge is 0.301 e. The molecule has 1 rings (SSSR count). The highest BCUT2D eigenvalue weighted by atomic mass is 15.3. The molecule has 3 nitrogen and oxygen atoms in total. The van der Waals surface area contributed by atoms with E-state index in [1.165, 1.54) is 45.1 Å². The van der Waals surface area contributed by atoms with Crippen LogP contribution in [0.1, 0.15) is 58.8 Å². The first-order valence-electron chi connectivity index (χ1n) is 8.17. The van der Waals surface area contributed by atoms with E-state index in [1.807, 2.05) is 0 Å². The molecule has 1 heterocycles. The number of unbranched alkanes of at least 4 members (excludes halogenated alkanes) is 5. The van der Waals surface area contributed by atoms with Crippen LogP contribution in [0.15, 0.2) is 0 Å². The van der Waals surface area contributed by atoms with Gasteiger partial charge in [0.05, 0.1) is 12.1 Å². The molecule has 0 bridgehead atoms. The molecule has 3 heteroatoms. The monoisotopic (exact) mass is 265 g/mol. The van der Waals surface area contributed by atoms with Gasteiger partial charge < -0.3 is 4.90 Å². The normalized spacial score (nSPS) is 19.2. The Kier molecular flexibility index (Phi) is 8.86. The van der Waals surface area contributed by atoms with Gasteiger partial charge in [0.15, 0.2) is 0 Å². The Balaban J connectivity index is 2.05. The van der Waals surface area contributed by atoms with Crippen molar-refractivity contribution in [2.24, 2.45) is 0 Å². The molecule has 0 aromatic rings. The van der Waals surface area contributed by atoms with Crippen molar-refractivity contribution in [3.05, 3.63) is 0 Å². The van der Waals surface area contributed by atoms with E-state index in [-0.39, 0.29) is 6.04 Å². The topological polar surface area (TPSA) is 30.3 Å². The van der Waals surface area contributed by atoms with Gasteiger partial charge in [0.2, 0.25) is 0 Å². The molecule has 1 atom stereocenters. The molecule has 110 valence electrons. The van der Waals surface area contributed by atoms with Crippen LogP contribution in [0.4, 0.5) is 0 Å². The summed E-state index contributed by atoms with van der Waals surface area (Å²) in [6, 6.07) is 2.55. The number of nitriles is 1. The summed E-state index contributed by atoms with van der Waals surface area (Å²) in [5, 5.41) is 9.08. The molecule has 0 aliphatic carbocycles. The molecule has 1 saturated heterocycles. The van der Waals surface area contributed by atoms with Gasteiger partial charge in [0.1, 0.15) is 0 Å². The molecule has 0 spiro atoms. The van der Waals surface area contributed by atoms with Crippen LogP contribution >= 0.6 is 0 Å². The van der Waals surface area contributed by atoms with E-state index < -0.39 is 0 Å². The fourth-order valence-corrected chi connectivity index (χ4v) is 2.85. The molecule has 0 N–H and O–H groups in total. The van der Waals surface area contributed by atoms with E-state index >= 15 is 0 Å². The number of nitrogens with zero attached hydrogens (tertiary/aromatic N) is 3. The maximum absolute atomic E-state index is 9.08. The van der Waals surface area contributed by atoms with Crippen LogP contribution in [0.5, 0.6) is 0 Å². The van der Waals surface area contributed by atoms with Gasteiger partial charge in [-0.05, 0) is 19.4 Å². The molecular formula is C16H31N3. The lowest BCUT2D eigenvalue weighted by atomic mass is 10.1. The molecule has 0 aromatic heterocycles. The van der Waals surface area contributed by atoms with Crippen LogP contribution in [-0.4, -0.2) is 48.6 Å². The van der Waals surface area contributed by atoms with Gasteiger partial charge in [-0.2, -0.15) is 5.26 Å². The number of rotatable bonds is 9. The molecule has 0 aromatic carbocycles. The summed E-state index contributed by atoms with van der Waals surface area (Å²) in [5.74, 6) is 0. The van der Waals surface area contributed by atoms with Crippen molar-refractivity contribution in [2.45, 2.75) is 64.8 Å². The van der Waals surface area contributed by atoms with Crippen molar-refractivity contribution in [3.8, 4) is 6.07 Å². The SMILES string of the molecule is CCCCCCCCN1CCN(C(C#N)CC)CC1. The van der Waals surface area contributed by atoms with E-state index in [0.717, 1.165) is 32.6 Å². The summed E-state index contributed by atoms with van der Waals surface area (Å²) < 4.78 is 0. The van der Waals surface area contributed by atoms with Crippen LogP contribution in [0.2, 0.25) is 0 Å². The van der Waals surface area contributed by atoms with Crippen LogP contribution in [-0.2, 0) is 0 Å². The Morgan fingerprint density at radius 1 is 0.947 bits per heavy atom. The van der Waals surface area contributed by atoms with Crippen molar-refractivity contribution in [3.63, 3.8) is 0 Å². The summed E-state index contributed by atoms with van der Waals surface area (Å²) in [6.45, 7) is 10.1. The summed E-state index contributed by atoms with van der Waals surface area (Å²) >= 11 is 0. The van der Waals surface area contributed by atoms with E-state index in [4.69, 9.17) is 5.26 Å². The third-order valence-electron chi connectivity index (χ3n) is 4.21. The zero-order valence-corrected chi connectivity index (χ0v) is 12.9. The van der Waals surface area contributed by atoms with Gasteiger partial charge in [-0.15, -0.1) is 0 Å². The predicted octanol–water partition coefficient (Wildman–Crippen LogP) is 3.27. The van der Waals surface area contributed by atoms with E-state index in [9.17, 15) is 0 Å². The predicted molar refractivity (Wildman–Crippen MR) is 81.1 cm³/mol. The quantitative estimate of drug-likeness (QED) is 0.599. The first-order valence-corrected chi connectivity index (χ1v) is 8.17. The fraction of sp³-hybridized carbons (Fsp3) is 0.938. The number of piperazine rings is 1. The van der Waals surface area contributed by atoms with Gasteiger partial charge in [0.25, 0.3) is 0 Å². The van der Waals surface area contributed by atoms with Crippen molar-refractivity contribution in [2.75, 3.05) is 32.7 Å². The third-order valence-corrected chi connectivity index (χ3v) is 4.21. The van der Waals surface area contributed by atoms with E-state index in [1.54, 1.807) is 0 Å². The highest BCUT2D eigenvalue weighted by molar-refractivity contribution is 4.92. The Morgan fingerprint density at radius 3 is 2.16 bits per heavy atom. The van der Waals surface area contributed by atoms with Crippen molar-refractivity contribution >= 4 is 0 Å². The molecule has 1 fully saturated rings. The average molecular weight is 265 g/mol. The van der Waals surface area contributed by atoms with Gasteiger partial charge in [-0.3, -0.25) is 4.90 Å². The zero-order valence-electron chi connectivity index (χ0n) is 12.9. The van der Waals surface area contributed by atoms with Crippen molar-refractivity contribution in [1.29, 1.82) is 5.26 Å². The minimum absolute atomic E-state index is 0.135. The molecule has 1 aliphatic rings. The highest BCUT2D eigenvalue weighted by Crippen LogP contribution is 2.10. The van der Waals surface area contributed by atoms with Gasteiger partial charge >= 0.3 is 0 Å². The van der Waals surface area contributed by atoms with Gasteiger partial charge in [-0.25, -0.2) is 0 Å². The second-order valence-electron chi connectivity index (χ2n) is 5.70. The summed E-state index contributed by atoms with van der Waals surface area (Å²) in [4.78, 5) is 4.91. The molecular weight excluding hydrogens is 234 g/mol. The second-order valence-corrected chi connectivity index (χ2v) is 5.70. The lowest BCUT2D eigenvalue weighted by Gasteiger charge is -2.36. The molecule has 0 saturated carbocycles. The maximum Gasteiger partial charge on any atom is 0.0976 e. The first-order chi connectivity index (χ1) is 9.31. The molecule has 0 radical (unpaired) electrons. The molecule has 1 aliphatic heterocycles. The summed E-state index contributed by atoms with van der Waals surface area (Å²) in [7, 11) is 0. The van der Waals surface area contributed by atoms with Crippen LogP contribution < -0.4 is 0 Å². The van der Waals surface area contributed by atoms with Crippen molar-refractivity contribution < 1.29 is 0 Å². The van der Waals surface area contributed by atoms with Gasteiger partial charge in [-0.1, -0.05) is 46.0 Å². The summed E-state index contributed by atoms with van der Waals surface area (Å²) in [6.07, 6.45) is 9.22. The van der Waals surface area contributed by atoms with Crippen molar-refractivity contribution in [1.82, 2.24) is 9.80 Å². The number of hydrogen-bond donors (Lipinski definition) is 0. The zero-order chi connectivity index (χ0) is 13.9. The fourth-order valence-electron chi connectivity index (χ4n) is 2.85. The standard InChI is InChI=1S/C16H31N3/c1-3-5-6-7-8-9-10-18-11-13-19(14-12-18)16(4-2)15-17/h16H,3-14H2,1-2H3. The molecule has 19 heavy (non-hydrogen) atoms. The summed E-state index contributed by atoms with van der Waals surface area (Å²) in [5.41, 5.74) is 0. The Labute approximate surface area is 119 Å². The lowest BCUT2D eigenvalue weighted by Crippen LogP contribution is -2.49. The van der Waals surface area contributed by atoms with E-state index in [0.29, 0.717) is 0 Å². The third kappa shape index (κ3) is 6.40. The van der Waals surface area contributed by atoms with Gasteiger partial charge in [0, 0.05) is 26.2 Å². The van der Waals surface area contributed by atoms with Crippen LogP contribution in [0.25, 0.3) is 0 Å². The van der Waals surface area contributed by atoms with Crippen LogP contribution in [0, 0.1) is 11.3 Å². The smallest absolute Gasteiger partial charge is 0.0976 e. The first kappa shape index (κ1) is 16.5. The van der Waals surface area contributed by atoms with E-state index in [2.05, 4.69) is 29.7 Å². The molecule has 1 unspecified atom stereocenters. The number of hydrogen-bond acceptors (Lipinski definition) is 3. The second kappa shape index (κ2) is 10.2. The minimum atomic E-state index is 0.135. The highest BCUT2D eigenvalue weighted by Gasteiger charge is 2.21. The Morgan fingerprint density at radius 2 is 1.58 bits per heavy atom. The average Bonchev–Trinajstić information content (AvgIpc) is 2.45. The Hall–Kier alpha value is -0.590. The lowest BCUT2D eigenvalue weighted by molar-refractivity contribution is 0.111.